The van der Waals surface area contributed by atoms with Crippen molar-refractivity contribution in [1.29, 1.82) is 0 Å². The molecule has 1 saturated carbocycles. The van der Waals surface area contributed by atoms with Crippen molar-refractivity contribution in [2.45, 2.75) is 44.6 Å². The molecule has 18 heavy (non-hydrogen) atoms. The van der Waals surface area contributed by atoms with Crippen LogP contribution in [0.2, 0.25) is 0 Å². The first-order chi connectivity index (χ1) is 8.85. The predicted octanol–water partition coefficient (Wildman–Crippen LogP) is 1.51. The largest absolute Gasteiger partial charge is 0.338 e. The van der Waals surface area contributed by atoms with Crippen LogP contribution in [-0.2, 0) is 6.54 Å². The Kier molecular flexibility index (Phi) is 3.61. The number of aromatic nitrogens is 2. The van der Waals surface area contributed by atoms with Gasteiger partial charge in [0.15, 0.2) is 5.82 Å². The lowest BCUT2D eigenvalue weighted by Gasteiger charge is -2.31. The molecule has 2 heterocycles. The highest BCUT2D eigenvalue weighted by atomic mass is 16.5. The molecule has 3 rings (SSSR count). The van der Waals surface area contributed by atoms with Crippen LogP contribution < -0.4 is 5.73 Å². The summed E-state index contributed by atoms with van der Waals surface area (Å²) in [6, 6.07) is 0. The minimum absolute atomic E-state index is 0.578. The predicted molar refractivity (Wildman–Crippen MR) is 67.9 cm³/mol. The van der Waals surface area contributed by atoms with E-state index in [0.717, 1.165) is 50.2 Å². The van der Waals surface area contributed by atoms with Crippen LogP contribution in [0.4, 0.5) is 0 Å². The first kappa shape index (κ1) is 12.1. The first-order valence-corrected chi connectivity index (χ1v) is 7.10. The molecule has 2 N–H and O–H groups in total. The topological polar surface area (TPSA) is 68.2 Å². The van der Waals surface area contributed by atoms with Crippen molar-refractivity contribution in [3.63, 3.8) is 0 Å². The van der Waals surface area contributed by atoms with Gasteiger partial charge in [0.2, 0.25) is 5.89 Å². The highest BCUT2D eigenvalue weighted by molar-refractivity contribution is 5.03. The van der Waals surface area contributed by atoms with Gasteiger partial charge in [-0.2, -0.15) is 4.98 Å². The zero-order chi connectivity index (χ0) is 12.4. The summed E-state index contributed by atoms with van der Waals surface area (Å²) in [5.41, 5.74) is 5.64. The third kappa shape index (κ3) is 2.90. The maximum absolute atomic E-state index is 5.64. The van der Waals surface area contributed by atoms with Gasteiger partial charge in [-0.25, -0.2) is 0 Å². The highest BCUT2D eigenvalue weighted by Gasteiger charge is 2.29. The van der Waals surface area contributed by atoms with Gasteiger partial charge in [-0.15, -0.1) is 0 Å². The molecule has 1 saturated heterocycles. The molecule has 1 atom stereocenters. The van der Waals surface area contributed by atoms with E-state index in [1.54, 1.807) is 0 Å². The second-order valence-electron chi connectivity index (χ2n) is 5.64. The number of rotatable bonds is 5. The van der Waals surface area contributed by atoms with E-state index < -0.39 is 0 Å². The molecular formula is C13H22N4O. The summed E-state index contributed by atoms with van der Waals surface area (Å²) < 4.78 is 5.34. The molecule has 0 aromatic carbocycles. The smallest absolute Gasteiger partial charge is 0.240 e. The molecule has 0 radical (unpaired) electrons. The van der Waals surface area contributed by atoms with Gasteiger partial charge in [0, 0.05) is 12.5 Å². The maximum atomic E-state index is 5.64. The number of likely N-dealkylation sites (tertiary alicyclic amines) is 1. The van der Waals surface area contributed by atoms with Gasteiger partial charge in [-0.3, -0.25) is 4.90 Å². The van der Waals surface area contributed by atoms with E-state index in [1.807, 2.05) is 0 Å². The third-order valence-corrected chi connectivity index (χ3v) is 3.96. The van der Waals surface area contributed by atoms with Crippen LogP contribution in [0.1, 0.15) is 49.7 Å². The molecule has 0 amide bonds. The van der Waals surface area contributed by atoms with E-state index in [4.69, 9.17) is 10.3 Å². The van der Waals surface area contributed by atoms with Crippen LogP contribution in [0.15, 0.2) is 4.52 Å². The quantitative estimate of drug-likeness (QED) is 0.858. The fraction of sp³-hybridized carbons (Fsp3) is 0.846. The Morgan fingerprint density at radius 3 is 3.00 bits per heavy atom. The number of piperidine rings is 1. The molecule has 0 spiro atoms. The third-order valence-electron chi connectivity index (χ3n) is 3.96. The number of hydrogen-bond acceptors (Lipinski definition) is 5. The van der Waals surface area contributed by atoms with Crippen molar-refractivity contribution in [2.75, 3.05) is 19.6 Å². The van der Waals surface area contributed by atoms with Gasteiger partial charge < -0.3 is 10.3 Å². The van der Waals surface area contributed by atoms with Gasteiger partial charge in [0.1, 0.15) is 0 Å². The van der Waals surface area contributed by atoms with Crippen molar-refractivity contribution < 1.29 is 4.52 Å². The highest BCUT2D eigenvalue weighted by Crippen LogP contribution is 2.38. The van der Waals surface area contributed by atoms with Gasteiger partial charge in [-0.05, 0) is 51.1 Å². The van der Waals surface area contributed by atoms with Crippen molar-refractivity contribution in [2.24, 2.45) is 11.7 Å². The molecule has 100 valence electrons. The van der Waals surface area contributed by atoms with Gasteiger partial charge in [-0.1, -0.05) is 5.16 Å². The summed E-state index contributed by atoms with van der Waals surface area (Å²) in [6.45, 7) is 3.87. The standard InChI is InChI=1S/C13H22N4O/c14-6-5-10-2-1-7-17(8-10)9-12-15-13(16-18-12)11-3-4-11/h10-11H,1-9,14H2. The van der Waals surface area contributed by atoms with E-state index in [0.29, 0.717) is 5.92 Å². The Morgan fingerprint density at radius 2 is 2.22 bits per heavy atom. The zero-order valence-electron chi connectivity index (χ0n) is 10.8. The van der Waals surface area contributed by atoms with Crippen LogP contribution in [0, 0.1) is 5.92 Å². The summed E-state index contributed by atoms with van der Waals surface area (Å²) in [5, 5.41) is 4.07. The van der Waals surface area contributed by atoms with Crippen LogP contribution in [-0.4, -0.2) is 34.7 Å². The average Bonchev–Trinajstić information content (AvgIpc) is 3.12. The molecule has 5 nitrogen and oxygen atoms in total. The van der Waals surface area contributed by atoms with Crippen molar-refractivity contribution in [3.8, 4) is 0 Å². The minimum Gasteiger partial charge on any atom is -0.338 e. The minimum atomic E-state index is 0.578. The fourth-order valence-corrected chi connectivity index (χ4v) is 2.80. The van der Waals surface area contributed by atoms with Gasteiger partial charge >= 0.3 is 0 Å². The Labute approximate surface area is 108 Å². The lowest BCUT2D eigenvalue weighted by molar-refractivity contribution is 0.146. The molecule has 1 unspecified atom stereocenters. The van der Waals surface area contributed by atoms with E-state index in [2.05, 4.69) is 15.0 Å². The summed E-state index contributed by atoms with van der Waals surface area (Å²) in [7, 11) is 0. The van der Waals surface area contributed by atoms with Crippen LogP contribution >= 0.6 is 0 Å². The Hall–Kier alpha value is -0.940. The van der Waals surface area contributed by atoms with Crippen LogP contribution in [0.5, 0.6) is 0 Å². The Bertz CT molecular complexity index is 386. The van der Waals surface area contributed by atoms with Crippen molar-refractivity contribution in [3.05, 3.63) is 11.7 Å². The van der Waals surface area contributed by atoms with Crippen molar-refractivity contribution in [1.82, 2.24) is 15.0 Å². The maximum Gasteiger partial charge on any atom is 0.240 e. The Balaban J connectivity index is 1.54. The fourth-order valence-electron chi connectivity index (χ4n) is 2.80. The van der Waals surface area contributed by atoms with E-state index >= 15 is 0 Å². The van der Waals surface area contributed by atoms with Gasteiger partial charge in [0.05, 0.1) is 6.54 Å². The Morgan fingerprint density at radius 1 is 1.33 bits per heavy atom. The molecule has 1 aliphatic heterocycles. The molecule has 5 heteroatoms. The van der Waals surface area contributed by atoms with Crippen LogP contribution in [0.3, 0.4) is 0 Å². The van der Waals surface area contributed by atoms with E-state index in [-0.39, 0.29) is 0 Å². The number of nitrogens with zero attached hydrogens (tertiary/aromatic N) is 3. The molecule has 0 bridgehead atoms. The summed E-state index contributed by atoms with van der Waals surface area (Å²) in [6.07, 6.45) is 6.15. The normalized spacial score (nSPS) is 25.5. The lowest BCUT2D eigenvalue weighted by Crippen LogP contribution is -2.35. The second kappa shape index (κ2) is 5.36. The van der Waals surface area contributed by atoms with E-state index in [1.165, 1.54) is 25.7 Å². The average molecular weight is 250 g/mol. The number of nitrogens with two attached hydrogens (primary N) is 1. The van der Waals surface area contributed by atoms with E-state index in [9.17, 15) is 0 Å². The summed E-state index contributed by atoms with van der Waals surface area (Å²) in [5.74, 6) is 3.02. The molecule has 2 fully saturated rings. The zero-order valence-corrected chi connectivity index (χ0v) is 10.8. The summed E-state index contributed by atoms with van der Waals surface area (Å²) in [4.78, 5) is 6.92. The monoisotopic (exact) mass is 250 g/mol. The first-order valence-electron chi connectivity index (χ1n) is 7.10. The second-order valence-corrected chi connectivity index (χ2v) is 5.64. The molecule has 1 aliphatic carbocycles. The molecule has 2 aliphatic rings. The van der Waals surface area contributed by atoms with Crippen LogP contribution in [0.25, 0.3) is 0 Å². The molecular weight excluding hydrogens is 228 g/mol. The SMILES string of the molecule is NCCC1CCCN(Cc2nc(C3CC3)no2)C1. The summed E-state index contributed by atoms with van der Waals surface area (Å²) >= 11 is 0. The number of hydrogen-bond donors (Lipinski definition) is 1. The molecule has 1 aromatic heterocycles. The van der Waals surface area contributed by atoms with Gasteiger partial charge in [0.25, 0.3) is 0 Å². The molecule has 1 aromatic rings. The lowest BCUT2D eigenvalue weighted by atomic mass is 9.95. The van der Waals surface area contributed by atoms with Crippen molar-refractivity contribution >= 4 is 0 Å².